The van der Waals surface area contributed by atoms with Crippen molar-refractivity contribution >= 4 is 23.0 Å². The van der Waals surface area contributed by atoms with Gasteiger partial charge >= 0.3 is 0 Å². The van der Waals surface area contributed by atoms with Crippen molar-refractivity contribution in [3.05, 3.63) is 24.3 Å². The summed E-state index contributed by atoms with van der Waals surface area (Å²) >= 11 is 0. The third-order valence-electron chi connectivity index (χ3n) is 6.66. The maximum Gasteiger partial charge on any atom is 0.298 e. The van der Waals surface area contributed by atoms with Gasteiger partial charge in [0.25, 0.3) is 6.01 Å². The van der Waals surface area contributed by atoms with Crippen LogP contribution in [0.1, 0.15) is 38.5 Å². The van der Waals surface area contributed by atoms with Crippen LogP contribution < -0.4 is 4.90 Å². The van der Waals surface area contributed by atoms with E-state index in [0.29, 0.717) is 12.6 Å². The lowest BCUT2D eigenvalue weighted by molar-refractivity contribution is -0.202. The number of benzene rings is 1. The average molecular weight is 399 g/mol. The summed E-state index contributed by atoms with van der Waals surface area (Å²) in [5.74, 6) is 0.333. The minimum Gasteiger partial charge on any atom is -0.423 e. The Kier molecular flexibility index (Phi) is 5.42. The van der Waals surface area contributed by atoms with Crippen molar-refractivity contribution in [2.24, 2.45) is 5.92 Å². The van der Waals surface area contributed by atoms with Crippen LogP contribution in [0.3, 0.4) is 0 Å². The Morgan fingerprint density at radius 3 is 2.48 bits per heavy atom. The van der Waals surface area contributed by atoms with Gasteiger partial charge < -0.3 is 14.2 Å². The fourth-order valence-corrected chi connectivity index (χ4v) is 4.90. The zero-order valence-corrected chi connectivity index (χ0v) is 17.0. The number of aromatic nitrogens is 1. The largest absolute Gasteiger partial charge is 0.423 e. The molecule has 0 atom stereocenters. The maximum absolute atomic E-state index is 12.7. The van der Waals surface area contributed by atoms with E-state index in [1.54, 1.807) is 5.06 Å². The molecule has 4 heterocycles. The highest BCUT2D eigenvalue weighted by Crippen LogP contribution is 2.29. The van der Waals surface area contributed by atoms with Gasteiger partial charge in [0.2, 0.25) is 5.91 Å². The smallest absolute Gasteiger partial charge is 0.298 e. The van der Waals surface area contributed by atoms with Gasteiger partial charge in [-0.1, -0.05) is 12.1 Å². The van der Waals surface area contributed by atoms with Gasteiger partial charge in [-0.2, -0.15) is 4.98 Å². The molecule has 3 fully saturated rings. The van der Waals surface area contributed by atoms with Crippen molar-refractivity contribution in [2.45, 2.75) is 44.6 Å². The number of fused-ring (bicyclic) bond motifs is 1. The second-order valence-electron chi connectivity index (χ2n) is 8.47. The molecule has 29 heavy (non-hydrogen) atoms. The number of amides is 1. The van der Waals surface area contributed by atoms with Crippen molar-refractivity contribution in [2.75, 3.05) is 44.2 Å². The van der Waals surface area contributed by atoms with Crippen LogP contribution in [0.15, 0.2) is 28.7 Å². The molecule has 0 N–H and O–H groups in total. The number of piperidine rings is 2. The standard InChI is InChI=1S/C22H30N4O3/c27-21(26-11-3-4-16-28-26)17-7-12-24(13-8-17)18-9-14-25(15-10-18)22-23-19-5-1-2-6-20(19)29-22/h1-2,5-6,17-18H,3-4,7-16H2. The number of nitrogens with zero attached hydrogens (tertiary/aromatic N) is 4. The van der Waals surface area contributed by atoms with Gasteiger partial charge in [0.15, 0.2) is 5.58 Å². The molecule has 0 spiro atoms. The molecule has 2 aromatic rings. The first-order valence-electron chi connectivity index (χ1n) is 11.1. The van der Waals surface area contributed by atoms with Crippen molar-refractivity contribution < 1.29 is 14.0 Å². The molecule has 7 nitrogen and oxygen atoms in total. The van der Waals surface area contributed by atoms with Crippen molar-refractivity contribution in [1.82, 2.24) is 14.9 Å². The number of carbonyl (C=O) groups is 1. The quantitative estimate of drug-likeness (QED) is 0.792. The normalized spacial score (nSPS) is 23.0. The number of hydroxylamine groups is 2. The molecule has 3 aliphatic rings. The molecule has 1 amide bonds. The van der Waals surface area contributed by atoms with Gasteiger partial charge in [-0.25, -0.2) is 5.06 Å². The van der Waals surface area contributed by atoms with Crippen molar-refractivity contribution in [3.63, 3.8) is 0 Å². The summed E-state index contributed by atoms with van der Waals surface area (Å²) in [5.41, 5.74) is 1.78. The Balaban J connectivity index is 1.12. The summed E-state index contributed by atoms with van der Waals surface area (Å²) in [4.78, 5) is 27.7. The molecule has 0 radical (unpaired) electrons. The van der Waals surface area contributed by atoms with Gasteiger partial charge in [0.05, 0.1) is 6.61 Å². The van der Waals surface area contributed by atoms with Gasteiger partial charge in [-0.05, 0) is 63.7 Å². The topological polar surface area (TPSA) is 62.1 Å². The van der Waals surface area contributed by atoms with E-state index in [4.69, 9.17) is 9.25 Å². The van der Waals surface area contributed by atoms with E-state index >= 15 is 0 Å². The predicted molar refractivity (Wildman–Crippen MR) is 110 cm³/mol. The van der Waals surface area contributed by atoms with E-state index in [1.807, 2.05) is 24.3 Å². The van der Waals surface area contributed by atoms with Crippen molar-refractivity contribution in [1.29, 1.82) is 0 Å². The third kappa shape index (κ3) is 3.98. The summed E-state index contributed by atoms with van der Waals surface area (Å²) in [6.45, 7) is 5.40. The predicted octanol–water partition coefficient (Wildman–Crippen LogP) is 3.06. The molecular formula is C22H30N4O3. The number of anilines is 1. The molecule has 0 saturated carbocycles. The Morgan fingerprint density at radius 1 is 0.966 bits per heavy atom. The summed E-state index contributed by atoms with van der Waals surface area (Å²) in [6, 6.07) is 9.28. The zero-order chi connectivity index (χ0) is 19.6. The monoisotopic (exact) mass is 398 g/mol. The minimum absolute atomic E-state index is 0.129. The van der Waals surface area contributed by atoms with Crippen LogP contribution in [0.4, 0.5) is 6.01 Å². The minimum atomic E-state index is 0.129. The van der Waals surface area contributed by atoms with Crippen LogP contribution in [0.5, 0.6) is 0 Å². The first-order chi connectivity index (χ1) is 14.3. The SMILES string of the molecule is O=C(C1CCN(C2CCN(c3nc4ccccc4o3)CC2)CC1)N1CCCCO1. The molecule has 0 unspecified atom stereocenters. The van der Waals surface area contributed by atoms with Gasteiger partial charge in [-0.3, -0.25) is 9.63 Å². The van der Waals surface area contributed by atoms with Crippen LogP contribution >= 0.6 is 0 Å². The highest BCUT2D eigenvalue weighted by atomic mass is 16.7. The molecule has 7 heteroatoms. The van der Waals surface area contributed by atoms with Gasteiger partial charge in [0, 0.05) is 31.6 Å². The van der Waals surface area contributed by atoms with E-state index in [9.17, 15) is 4.79 Å². The highest BCUT2D eigenvalue weighted by molar-refractivity contribution is 5.78. The molecular weight excluding hydrogens is 368 g/mol. The first-order valence-corrected chi connectivity index (χ1v) is 11.1. The zero-order valence-electron chi connectivity index (χ0n) is 17.0. The molecule has 0 bridgehead atoms. The number of rotatable bonds is 3. The third-order valence-corrected chi connectivity index (χ3v) is 6.66. The van der Waals surface area contributed by atoms with Crippen LogP contribution in [-0.2, 0) is 9.63 Å². The average Bonchev–Trinajstić information content (AvgIpc) is 3.24. The van der Waals surface area contributed by atoms with E-state index in [-0.39, 0.29) is 11.8 Å². The second kappa shape index (κ2) is 8.32. The van der Waals surface area contributed by atoms with E-state index in [0.717, 1.165) is 88.4 Å². The summed E-state index contributed by atoms with van der Waals surface area (Å²) < 4.78 is 5.93. The number of para-hydroxylation sites is 2. The molecule has 156 valence electrons. The molecule has 3 saturated heterocycles. The molecule has 5 rings (SSSR count). The maximum atomic E-state index is 12.7. The Hall–Kier alpha value is -2.12. The van der Waals surface area contributed by atoms with Crippen LogP contribution in [0, 0.1) is 5.92 Å². The van der Waals surface area contributed by atoms with Crippen LogP contribution in [0.25, 0.3) is 11.1 Å². The highest BCUT2D eigenvalue weighted by Gasteiger charge is 2.33. The number of hydrogen-bond acceptors (Lipinski definition) is 6. The lowest BCUT2D eigenvalue weighted by Gasteiger charge is -2.41. The summed E-state index contributed by atoms with van der Waals surface area (Å²) in [7, 11) is 0. The number of oxazole rings is 1. The fourth-order valence-electron chi connectivity index (χ4n) is 4.90. The van der Waals surface area contributed by atoms with Crippen molar-refractivity contribution in [3.8, 4) is 0 Å². The first kappa shape index (κ1) is 18.9. The van der Waals surface area contributed by atoms with E-state index < -0.39 is 0 Å². The Labute approximate surface area is 171 Å². The molecule has 3 aliphatic heterocycles. The fraction of sp³-hybridized carbons (Fsp3) is 0.636. The van der Waals surface area contributed by atoms with E-state index in [1.165, 1.54) is 0 Å². The lowest BCUT2D eigenvalue weighted by atomic mass is 9.92. The van der Waals surface area contributed by atoms with Crippen LogP contribution in [-0.4, -0.2) is 66.2 Å². The number of likely N-dealkylation sites (tertiary alicyclic amines) is 1. The second-order valence-corrected chi connectivity index (χ2v) is 8.47. The van der Waals surface area contributed by atoms with E-state index in [2.05, 4.69) is 14.8 Å². The molecule has 1 aromatic carbocycles. The number of hydrogen-bond donors (Lipinski definition) is 0. The summed E-state index contributed by atoms with van der Waals surface area (Å²) in [5, 5.41) is 1.63. The summed E-state index contributed by atoms with van der Waals surface area (Å²) in [6.07, 6.45) is 6.25. The van der Waals surface area contributed by atoms with Gasteiger partial charge in [-0.15, -0.1) is 0 Å². The molecule has 1 aromatic heterocycles. The molecule has 0 aliphatic carbocycles. The Bertz CT molecular complexity index is 798. The lowest BCUT2D eigenvalue weighted by Crippen LogP contribution is -2.50. The Morgan fingerprint density at radius 2 is 1.76 bits per heavy atom. The number of carbonyl (C=O) groups excluding carboxylic acids is 1. The van der Waals surface area contributed by atoms with Crippen LogP contribution in [0.2, 0.25) is 0 Å². The van der Waals surface area contributed by atoms with Gasteiger partial charge in [0.1, 0.15) is 5.52 Å².